The predicted octanol–water partition coefficient (Wildman–Crippen LogP) is 2.79. The molecule has 0 saturated carbocycles. The molecule has 0 spiro atoms. The maximum atomic E-state index is 13.4. The number of rotatable bonds is 4. The number of benzene rings is 1. The van der Waals surface area contributed by atoms with Gasteiger partial charge in [-0.15, -0.1) is 12.4 Å². The van der Waals surface area contributed by atoms with Gasteiger partial charge in [0.05, 0.1) is 12.1 Å². The van der Waals surface area contributed by atoms with E-state index in [0.29, 0.717) is 6.42 Å². The summed E-state index contributed by atoms with van der Waals surface area (Å²) in [6, 6.07) is 2.92. The van der Waals surface area contributed by atoms with Crippen LogP contribution in [0.15, 0.2) is 18.2 Å². The average molecular weight is 266 g/mol. The highest BCUT2D eigenvalue weighted by atomic mass is 35.5. The SMILES string of the molecule is CC(C)C[C@H](O)[C@H](N)c1cccc(F)c1F.Cl. The Hall–Kier alpha value is -0.710. The summed E-state index contributed by atoms with van der Waals surface area (Å²) in [5, 5.41) is 9.74. The summed E-state index contributed by atoms with van der Waals surface area (Å²) < 4.78 is 26.3. The molecule has 0 aliphatic heterocycles. The highest BCUT2D eigenvalue weighted by molar-refractivity contribution is 5.85. The van der Waals surface area contributed by atoms with Crippen LogP contribution in [0.2, 0.25) is 0 Å². The summed E-state index contributed by atoms with van der Waals surface area (Å²) in [5.74, 6) is -1.67. The third-order valence-electron chi connectivity index (χ3n) is 2.47. The van der Waals surface area contributed by atoms with Gasteiger partial charge < -0.3 is 10.8 Å². The van der Waals surface area contributed by atoms with E-state index in [1.54, 1.807) is 0 Å². The van der Waals surface area contributed by atoms with Crippen LogP contribution in [0.3, 0.4) is 0 Å². The van der Waals surface area contributed by atoms with E-state index in [1.807, 2.05) is 13.8 Å². The highest BCUT2D eigenvalue weighted by Crippen LogP contribution is 2.23. The highest BCUT2D eigenvalue weighted by Gasteiger charge is 2.22. The molecule has 0 aromatic heterocycles. The van der Waals surface area contributed by atoms with Gasteiger partial charge in [-0.1, -0.05) is 26.0 Å². The Morgan fingerprint density at radius 2 is 1.88 bits per heavy atom. The van der Waals surface area contributed by atoms with Gasteiger partial charge in [-0.3, -0.25) is 0 Å². The second-order valence-corrected chi connectivity index (χ2v) is 4.37. The fourth-order valence-electron chi connectivity index (χ4n) is 1.61. The molecule has 98 valence electrons. The van der Waals surface area contributed by atoms with Crippen LogP contribution >= 0.6 is 12.4 Å². The minimum Gasteiger partial charge on any atom is -0.391 e. The Bertz CT molecular complexity index is 360. The Balaban J connectivity index is 0.00000256. The summed E-state index contributed by atoms with van der Waals surface area (Å²) in [6.45, 7) is 3.86. The molecule has 0 radical (unpaired) electrons. The summed E-state index contributed by atoms with van der Waals surface area (Å²) in [5.41, 5.74) is 5.72. The molecule has 2 atom stereocenters. The number of aliphatic hydroxyl groups excluding tert-OH is 1. The molecule has 0 saturated heterocycles. The molecule has 0 aliphatic rings. The maximum absolute atomic E-state index is 13.4. The van der Waals surface area contributed by atoms with Crippen molar-refractivity contribution in [2.45, 2.75) is 32.4 Å². The zero-order chi connectivity index (χ0) is 12.3. The molecular weight excluding hydrogens is 248 g/mol. The molecule has 5 heteroatoms. The average Bonchev–Trinajstić information content (AvgIpc) is 2.20. The Kier molecular flexibility index (Phi) is 6.60. The minimum absolute atomic E-state index is 0. The van der Waals surface area contributed by atoms with Gasteiger partial charge in [0, 0.05) is 5.56 Å². The second kappa shape index (κ2) is 6.89. The molecule has 2 nitrogen and oxygen atoms in total. The third-order valence-corrected chi connectivity index (χ3v) is 2.47. The van der Waals surface area contributed by atoms with Crippen LogP contribution in [0.1, 0.15) is 31.9 Å². The molecule has 0 unspecified atom stereocenters. The van der Waals surface area contributed by atoms with Crippen LogP contribution in [0.25, 0.3) is 0 Å². The Morgan fingerprint density at radius 1 is 1.29 bits per heavy atom. The number of aliphatic hydroxyl groups is 1. The maximum Gasteiger partial charge on any atom is 0.163 e. The van der Waals surface area contributed by atoms with Crippen molar-refractivity contribution in [2.75, 3.05) is 0 Å². The van der Waals surface area contributed by atoms with Gasteiger partial charge in [0.15, 0.2) is 11.6 Å². The first-order chi connectivity index (χ1) is 7.43. The lowest BCUT2D eigenvalue weighted by Crippen LogP contribution is -2.28. The van der Waals surface area contributed by atoms with Crippen molar-refractivity contribution in [2.24, 2.45) is 11.7 Å². The summed E-state index contributed by atoms with van der Waals surface area (Å²) >= 11 is 0. The van der Waals surface area contributed by atoms with Crippen molar-refractivity contribution >= 4 is 12.4 Å². The van der Waals surface area contributed by atoms with E-state index in [4.69, 9.17) is 5.73 Å². The largest absolute Gasteiger partial charge is 0.391 e. The molecule has 0 bridgehead atoms. The molecule has 0 fully saturated rings. The van der Waals surface area contributed by atoms with E-state index in [2.05, 4.69) is 0 Å². The van der Waals surface area contributed by atoms with Crippen LogP contribution < -0.4 is 5.73 Å². The van der Waals surface area contributed by atoms with Gasteiger partial charge in [0.2, 0.25) is 0 Å². The first kappa shape index (κ1) is 16.3. The molecular formula is C12H18ClF2NO. The van der Waals surface area contributed by atoms with Crippen LogP contribution in [-0.2, 0) is 0 Å². The summed E-state index contributed by atoms with van der Waals surface area (Å²) in [6.07, 6.45) is -0.409. The lowest BCUT2D eigenvalue weighted by atomic mass is 9.95. The zero-order valence-electron chi connectivity index (χ0n) is 9.86. The molecule has 17 heavy (non-hydrogen) atoms. The fourth-order valence-corrected chi connectivity index (χ4v) is 1.61. The molecule has 1 aromatic carbocycles. The van der Waals surface area contributed by atoms with Crippen molar-refractivity contribution in [3.05, 3.63) is 35.4 Å². The van der Waals surface area contributed by atoms with E-state index in [9.17, 15) is 13.9 Å². The standard InChI is InChI=1S/C12H17F2NO.ClH/c1-7(2)6-10(16)12(15)8-4-3-5-9(13)11(8)14;/h3-5,7,10,12,16H,6,15H2,1-2H3;1H/t10-,12+;/m0./s1. The Labute approximate surface area is 106 Å². The lowest BCUT2D eigenvalue weighted by Gasteiger charge is -2.21. The van der Waals surface area contributed by atoms with Gasteiger partial charge in [-0.2, -0.15) is 0 Å². The van der Waals surface area contributed by atoms with Crippen molar-refractivity contribution in [3.8, 4) is 0 Å². The fraction of sp³-hybridized carbons (Fsp3) is 0.500. The topological polar surface area (TPSA) is 46.2 Å². The number of nitrogens with two attached hydrogens (primary N) is 1. The molecule has 3 N–H and O–H groups in total. The van der Waals surface area contributed by atoms with Crippen LogP contribution in [0, 0.1) is 17.6 Å². The first-order valence-electron chi connectivity index (χ1n) is 5.31. The van der Waals surface area contributed by atoms with Crippen LogP contribution in [-0.4, -0.2) is 11.2 Å². The van der Waals surface area contributed by atoms with Gasteiger partial charge in [0.25, 0.3) is 0 Å². The van der Waals surface area contributed by atoms with Crippen molar-refractivity contribution in [1.29, 1.82) is 0 Å². The summed E-state index contributed by atoms with van der Waals surface area (Å²) in [7, 11) is 0. The Morgan fingerprint density at radius 3 is 2.41 bits per heavy atom. The normalized spacial score (nSPS) is 14.3. The molecule has 1 rings (SSSR count). The molecule has 1 aromatic rings. The zero-order valence-corrected chi connectivity index (χ0v) is 10.7. The number of halogens is 3. The monoisotopic (exact) mass is 265 g/mol. The summed E-state index contributed by atoms with van der Waals surface area (Å²) in [4.78, 5) is 0. The molecule has 0 aliphatic carbocycles. The van der Waals surface area contributed by atoms with Gasteiger partial charge in [-0.25, -0.2) is 8.78 Å². The number of hydrogen-bond donors (Lipinski definition) is 2. The van der Waals surface area contributed by atoms with E-state index in [1.165, 1.54) is 12.1 Å². The van der Waals surface area contributed by atoms with Gasteiger partial charge in [0.1, 0.15) is 0 Å². The van der Waals surface area contributed by atoms with Gasteiger partial charge in [-0.05, 0) is 18.4 Å². The third kappa shape index (κ3) is 4.22. The van der Waals surface area contributed by atoms with Crippen molar-refractivity contribution in [3.63, 3.8) is 0 Å². The minimum atomic E-state index is -0.974. The number of hydrogen-bond acceptors (Lipinski definition) is 2. The van der Waals surface area contributed by atoms with E-state index >= 15 is 0 Å². The van der Waals surface area contributed by atoms with Gasteiger partial charge >= 0.3 is 0 Å². The van der Waals surface area contributed by atoms with Crippen molar-refractivity contribution in [1.82, 2.24) is 0 Å². The van der Waals surface area contributed by atoms with Crippen molar-refractivity contribution < 1.29 is 13.9 Å². The quantitative estimate of drug-likeness (QED) is 0.879. The van der Waals surface area contributed by atoms with Crippen LogP contribution in [0.4, 0.5) is 8.78 Å². The second-order valence-electron chi connectivity index (χ2n) is 4.37. The van der Waals surface area contributed by atoms with E-state index in [-0.39, 0.29) is 23.9 Å². The molecule has 0 heterocycles. The molecule has 0 amide bonds. The predicted molar refractivity (Wildman–Crippen MR) is 66.0 cm³/mol. The lowest BCUT2D eigenvalue weighted by molar-refractivity contribution is 0.119. The van der Waals surface area contributed by atoms with E-state index in [0.717, 1.165) is 6.07 Å². The van der Waals surface area contributed by atoms with E-state index < -0.39 is 23.8 Å². The smallest absolute Gasteiger partial charge is 0.163 e. The van der Waals surface area contributed by atoms with Crippen LogP contribution in [0.5, 0.6) is 0 Å². The first-order valence-corrected chi connectivity index (χ1v) is 5.31.